The molecule has 1 N–H and O–H groups in total. The third-order valence-electron chi connectivity index (χ3n) is 4.98. The normalized spacial score (nSPS) is 11.0. The molecule has 0 atom stereocenters. The first kappa shape index (κ1) is 25.5. The van der Waals surface area contributed by atoms with Gasteiger partial charge in [-0.15, -0.1) is 0 Å². The molecule has 5 nitrogen and oxygen atoms in total. The molecular formula is C27H24Br2N2O3. The molecule has 0 unspecified atom stereocenters. The molecule has 3 rings (SSSR count). The van der Waals surface area contributed by atoms with E-state index >= 15 is 0 Å². The molecule has 0 aliphatic heterocycles. The van der Waals surface area contributed by atoms with E-state index in [0.717, 1.165) is 22.0 Å². The first-order valence-corrected chi connectivity index (χ1v) is 12.4. The van der Waals surface area contributed by atoms with E-state index in [1.807, 2.05) is 68.4 Å². The van der Waals surface area contributed by atoms with Gasteiger partial charge in [0.1, 0.15) is 18.2 Å². The number of rotatable bonds is 9. The second kappa shape index (κ2) is 12.4. The van der Waals surface area contributed by atoms with E-state index in [2.05, 4.69) is 37.2 Å². The van der Waals surface area contributed by atoms with Crippen LogP contribution >= 0.6 is 31.9 Å². The Morgan fingerprint density at radius 3 is 2.38 bits per heavy atom. The molecule has 0 saturated carbocycles. The van der Waals surface area contributed by atoms with Gasteiger partial charge < -0.3 is 14.8 Å². The van der Waals surface area contributed by atoms with Crippen LogP contribution in [-0.4, -0.2) is 12.5 Å². The van der Waals surface area contributed by atoms with Crippen molar-refractivity contribution in [2.24, 2.45) is 0 Å². The number of benzene rings is 3. The van der Waals surface area contributed by atoms with Crippen molar-refractivity contribution in [2.75, 3.05) is 11.9 Å². The molecule has 0 fully saturated rings. The summed E-state index contributed by atoms with van der Waals surface area (Å²) in [4.78, 5) is 12.8. The van der Waals surface area contributed by atoms with Crippen LogP contribution in [0.4, 0.5) is 5.69 Å². The molecule has 3 aromatic rings. The lowest BCUT2D eigenvalue weighted by Gasteiger charge is -2.15. The van der Waals surface area contributed by atoms with E-state index in [4.69, 9.17) is 9.47 Å². The molecule has 0 radical (unpaired) electrons. The first-order valence-electron chi connectivity index (χ1n) is 10.8. The number of nitrogens with zero attached hydrogens (tertiary/aromatic N) is 1. The number of hydrogen-bond acceptors (Lipinski definition) is 4. The summed E-state index contributed by atoms with van der Waals surface area (Å²) in [6.45, 7) is 4.68. The van der Waals surface area contributed by atoms with Crippen LogP contribution < -0.4 is 14.8 Å². The molecule has 3 aromatic carbocycles. The van der Waals surface area contributed by atoms with Crippen LogP contribution in [0.2, 0.25) is 0 Å². The Kier molecular flexibility index (Phi) is 9.32. The summed E-state index contributed by atoms with van der Waals surface area (Å²) in [5.74, 6) is 0.602. The Morgan fingerprint density at radius 1 is 1.00 bits per heavy atom. The molecule has 34 heavy (non-hydrogen) atoms. The van der Waals surface area contributed by atoms with E-state index in [-0.39, 0.29) is 5.57 Å². The smallest absolute Gasteiger partial charge is 0.266 e. The van der Waals surface area contributed by atoms with Gasteiger partial charge in [-0.1, -0.05) is 59.3 Å². The highest BCUT2D eigenvalue weighted by molar-refractivity contribution is 9.10. The second-order valence-electron chi connectivity index (χ2n) is 7.28. The molecule has 0 aliphatic carbocycles. The lowest BCUT2D eigenvalue weighted by atomic mass is 10.1. The van der Waals surface area contributed by atoms with Crippen molar-refractivity contribution >= 4 is 49.5 Å². The van der Waals surface area contributed by atoms with Crippen LogP contribution in [0.25, 0.3) is 6.08 Å². The highest BCUT2D eigenvalue weighted by Crippen LogP contribution is 2.38. The SMILES string of the molecule is CCOc1cc(/C=C(\C#N)C(=O)Nc2ccccc2CC)cc(Br)c1OCc1ccccc1Br. The monoisotopic (exact) mass is 582 g/mol. The number of carbonyl (C=O) groups excluding carboxylic acids is 1. The molecule has 1 amide bonds. The quantitative estimate of drug-likeness (QED) is 0.212. The maximum absolute atomic E-state index is 12.8. The summed E-state index contributed by atoms with van der Waals surface area (Å²) in [6.07, 6.45) is 2.31. The van der Waals surface area contributed by atoms with E-state index in [1.165, 1.54) is 6.08 Å². The Balaban J connectivity index is 1.87. The minimum absolute atomic E-state index is 0.0119. The average Bonchev–Trinajstić information content (AvgIpc) is 2.83. The maximum Gasteiger partial charge on any atom is 0.266 e. The van der Waals surface area contributed by atoms with Crippen molar-refractivity contribution in [1.29, 1.82) is 5.26 Å². The van der Waals surface area contributed by atoms with E-state index < -0.39 is 5.91 Å². The number of anilines is 1. The number of carbonyl (C=O) groups is 1. The fraction of sp³-hybridized carbons (Fsp3) is 0.185. The number of para-hydroxylation sites is 1. The van der Waals surface area contributed by atoms with Crippen molar-refractivity contribution in [1.82, 2.24) is 0 Å². The molecule has 174 valence electrons. The molecule has 0 spiro atoms. The highest BCUT2D eigenvalue weighted by Gasteiger charge is 2.16. The molecule has 0 aromatic heterocycles. The summed E-state index contributed by atoms with van der Waals surface area (Å²) in [5.41, 5.74) is 3.32. The van der Waals surface area contributed by atoms with Crippen LogP contribution in [0.5, 0.6) is 11.5 Å². The Morgan fingerprint density at radius 2 is 1.71 bits per heavy atom. The number of nitriles is 1. The van der Waals surface area contributed by atoms with Gasteiger partial charge in [0.05, 0.1) is 11.1 Å². The van der Waals surface area contributed by atoms with Crippen molar-refractivity contribution in [2.45, 2.75) is 26.9 Å². The zero-order valence-electron chi connectivity index (χ0n) is 18.9. The van der Waals surface area contributed by atoms with Gasteiger partial charge in [0.25, 0.3) is 5.91 Å². The molecule has 0 saturated heterocycles. The largest absolute Gasteiger partial charge is 0.490 e. The molecule has 0 heterocycles. The zero-order valence-corrected chi connectivity index (χ0v) is 22.1. The third-order valence-corrected chi connectivity index (χ3v) is 6.35. The predicted molar refractivity (Wildman–Crippen MR) is 142 cm³/mol. The Hall–Kier alpha value is -3.08. The lowest BCUT2D eigenvalue weighted by Crippen LogP contribution is -2.14. The minimum Gasteiger partial charge on any atom is -0.490 e. The van der Waals surface area contributed by atoms with Crippen LogP contribution in [0.3, 0.4) is 0 Å². The number of hydrogen-bond donors (Lipinski definition) is 1. The zero-order chi connectivity index (χ0) is 24.5. The van der Waals surface area contributed by atoms with Gasteiger partial charge >= 0.3 is 0 Å². The maximum atomic E-state index is 12.8. The van der Waals surface area contributed by atoms with Gasteiger partial charge in [0.2, 0.25) is 0 Å². The lowest BCUT2D eigenvalue weighted by molar-refractivity contribution is -0.112. The minimum atomic E-state index is -0.466. The van der Waals surface area contributed by atoms with Gasteiger partial charge in [0.15, 0.2) is 11.5 Å². The fourth-order valence-corrected chi connectivity index (χ4v) is 4.27. The van der Waals surface area contributed by atoms with Crippen molar-refractivity contribution < 1.29 is 14.3 Å². The average molecular weight is 584 g/mol. The van der Waals surface area contributed by atoms with E-state index in [9.17, 15) is 10.1 Å². The Labute approximate surface area is 216 Å². The molecule has 0 bridgehead atoms. The first-order chi connectivity index (χ1) is 16.5. The van der Waals surface area contributed by atoms with Gasteiger partial charge in [-0.25, -0.2) is 0 Å². The van der Waals surface area contributed by atoms with Gasteiger partial charge in [-0.2, -0.15) is 5.26 Å². The van der Waals surface area contributed by atoms with Gasteiger partial charge in [-0.3, -0.25) is 4.79 Å². The summed E-state index contributed by atoms with van der Waals surface area (Å²) in [5, 5.41) is 12.5. The summed E-state index contributed by atoms with van der Waals surface area (Å²) in [6, 6.07) is 20.9. The molecular weight excluding hydrogens is 560 g/mol. The van der Waals surface area contributed by atoms with Crippen molar-refractivity contribution in [3.05, 3.63) is 91.9 Å². The molecule has 7 heteroatoms. The fourth-order valence-electron chi connectivity index (χ4n) is 3.30. The number of ether oxygens (including phenoxy) is 2. The number of amides is 1. The van der Waals surface area contributed by atoms with Crippen LogP contribution in [0.15, 0.2) is 75.2 Å². The van der Waals surface area contributed by atoms with Gasteiger partial charge in [0, 0.05) is 15.7 Å². The molecule has 0 aliphatic rings. The summed E-state index contributed by atoms with van der Waals surface area (Å²) < 4.78 is 13.5. The van der Waals surface area contributed by atoms with Crippen LogP contribution in [0.1, 0.15) is 30.5 Å². The topological polar surface area (TPSA) is 71.3 Å². The van der Waals surface area contributed by atoms with Crippen LogP contribution in [0, 0.1) is 11.3 Å². The van der Waals surface area contributed by atoms with Crippen molar-refractivity contribution in [3.63, 3.8) is 0 Å². The third kappa shape index (κ3) is 6.49. The van der Waals surface area contributed by atoms with E-state index in [0.29, 0.717) is 40.4 Å². The number of nitrogens with one attached hydrogen (secondary N) is 1. The van der Waals surface area contributed by atoms with E-state index in [1.54, 1.807) is 12.1 Å². The second-order valence-corrected chi connectivity index (χ2v) is 8.99. The van der Waals surface area contributed by atoms with Crippen molar-refractivity contribution in [3.8, 4) is 17.6 Å². The number of aryl methyl sites for hydroxylation is 1. The Bertz CT molecular complexity index is 1250. The highest BCUT2D eigenvalue weighted by atomic mass is 79.9. The summed E-state index contributed by atoms with van der Waals surface area (Å²) in [7, 11) is 0. The standard InChI is InChI=1S/C27H24Br2N2O3/c1-3-19-9-6-8-12-24(19)31-27(32)21(16-30)13-18-14-23(29)26(25(15-18)33-4-2)34-17-20-10-5-7-11-22(20)28/h5-15H,3-4,17H2,1-2H3,(H,31,32)/b21-13+. The summed E-state index contributed by atoms with van der Waals surface area (Å²) >= 11 is 7.08. The predicted octanol–water partition coefficient (Wildman–Crippen LogP) is 7.30. The number of halogens is 2. The van der Waals surface area contributed by atoms with Crippen LogP contribution in [-0.2, 0) is 17.8 Å². The van der Waals surface area contributed by atoms with Gasteiger partial charge in [-0.05, 0) is 70.7 Å².